The topological polar surface area (TPSA) is 55.0 Å². The average Bonchev–Trinajstić information content (AvgIpc) is 2.53. The summed E-state index contributed by atoms with van der Waals surface area (Å²) in [7, 11) is 0. The molecule has 0 saturated carbocycles. The molecule has 0 unspecified atom stereocenters. The first kappa shape index (κ1) is 11.1. The van der Waals surface area contributed by atoms with Crippen LogP contribution in [0.3, 0.4) is 0 Å². The van der Waals surface area contributed by atoms with E-state index < -0.39 is 5.82 Å². The molecule has 1 aromatic heterocycles. The van der Waals surface area contributed by atoms with Crippen molar-refractivity contribution in [3.8, 4) is 0 Å². The van der Waals surface area contributed by atoms with Gasteiger partial charge in [0.25, 0.3) is 0 Å². The lowest BCUT2D eigenvalue weighted by Crippen LogP contribution is -2.27. The predicted octanol–water partition coefficient (Wildman–Crippen LogP) is 0.575. The quantitative estimate of drug-likeness (QED) is 0.749. The summed E-state index contributed by atoms with van der Waals surface area (Å²) in [5, 5.41) is 0. The van der Waals surface area contributed by atoms with Crippen LogP contribution in [0.4, 0.5) is 10.3 Å². The van der Waals surface area contributed by atoms with Gasteiger partial charge in [0.05, 0.1) is 12.4 Å². The second-order valence-corrected chi connectivity index (χ2v) is 3.20. The Labute approximate surface area is 87.7 Å². The van der Waals surface area contributed by atoms with Gasteiger partial charge in [0, 0.05) is 19.1 Å². The van der Waals surface area contributed by atoms with Crippen molar-refractivity contribution in [2.24, 2.45) is 5.73 Å². The van der Waals surface area contributed by atoms with E-state index in [4.69, 9.17) is 5.73 Å². The van der Waals surface area contributed by atoms with Crippen molar-refractivity contribution < 1.29 is 4.39 Å². The van der Waals surface area contributed by atoms with Crippen molar-refractivity contribution >= 4 is 18.4 Å². The molecule has 2 N–H and O–H groups in total. The first-order chi connectivity index (χ1) is 6.25. The van der Waals surface area contributed by atoms with E-state index in [1.54, 1.807) is 0 Å². The summed E-state index contributed by atoms with van der Waals surface area (Å²) in [4.78, 5) is 9.72. The van der Waals surface area contributed by atoms with Crippen LogP contribution in [0, 0.1) is 5.82 Å². The number of rotatable bonds is 1. The fourth-order valence-electron chi connectivity index (χ4n) is 1.44. The fourth-order valence-corrected chi connectivity index (χ4v) is 1.44. The first-order valence-electron chi connectivity index (χ1n) is 4.24. The highest BCUT2D eigenvalue weighted by atomic mass is 35.5. The van der Waals surface area contributed by atoms with Gasteiger partial charge in [-0.15, -0.1) is 12.4 Å². The Hall–Kier alpha value is -0.940. The summed E-state index contributed by atoms with van der Waals surface area (Å²) >= 11 is 0. The second-order valence-electron chi connectivity index (χ2n) is 3.20. The Balaban J connectivity index is 0.000000980. The van der Waals surface area contributed by atoms with Gasteiger partial charge in [0.1, 0.15) is 0 Å². The van der Waals surface area contributed by atoms with Crippen LogP contribution >= 0.6 is 12.4 Å². The third-order valence-electron chi connectivity index (χ3n) is 2.11. The number of aromatic nitrogens is 2. The van der Waals surface area contributed by atoms with Gasteiger partial charge < -0.3 is 10.6 Å². The molecule has 6 heteroatoms. The summed E-state index contributed by atoms with van der Waals surface area (Å²) in [5.41, 5.74) is 5.72. The van der Waals surface area contributed by atoms with Gasteiger partial charge in [-0.25, -0.2) is 14.4 Å². The second kappa shape index (κ2) is 4.52. The van der Waals surface area contributed by atoms with Gasteiger partial charge in [-0.1, -0.05) is 0 Å². The summed E-state index contributed by atoms with van der Waals surface area (Å²) < 4.78 is 12.5. The Bertz CT molecular complexity index is 292. The molecule has 0 bridgehead atoms. The molecule has 78 valence electrons. The van der Waals surface area contributed by atoms with E-state index in [-0.39, 0.29) is 18.4 Å². The van der Waals surface area contributed by atoms with E-state index in [1.807, 2.05) is 4.90 Å². The maximum Gasteiger partial charge on any atom is 0.225 e. The highest BCUT2D eigenvalue weighted by molar-refractivity contribution is 5.85. The SMILES string of the molecule is Cl.N[C@H]1CCN(c2ncc(F)cn2)C1. The van der Waals surface area contributed by atoms with E-state index >= 15 is 0 Å². The third kappa shape index (κ3) is 2.30. The van der Waals surface area contributed by atoms with Crippen molar-refractivity contribution in [3.63, 3.8) is 0 Å². The Kier molecular flexibility index (Phi) is 3.60. The highest BCUT2D eigenvalue weighted by Crippen LogP contribution is 2.13. The Morgan fingerprint density at radius 3 is 2.57 bits per heavy atom. The standard InChI is InChI=1S/C8H11FN4.ClH/c9-6-3-11-8(12-4-6)13-2-1-7(10)5-13;/h3-4,7H,1-2,5,10H2;1H/t7-;/m0./s1. The Morgan fingerprint density at radius 2 is 2.07 bits per heavy atom. The van der Waals surface area contributed by atoms with Gasteiger partial charge in [0.2, 0.25) is 5.95 Å². The molecule has 14 heavy (non-hydrogen) atoms. The van der Waals surface area contributed by atoms with Crippen molar-refractivity contribution in [2.75, 3.05) is 18.0 Å². The summed E-state index contributed by atoms with van der Waals surface area (Å²) in [6, 6.07) is 0.189. The molecule has 0 spiro atoms. The van der Waals surface area contributed by atoms with E-state index in [0.29, 0.717) is 5.95 Å². The van der Waals surface area contributed by atoms with E-state index in [9.17, 15) is 4.39 Å². The highest BCUT2D eigenvalue weighted by Gasteiger charge is 2.20. The molecule has 1 aromatic rings. The molecule has 1 aliphatic rings. The largest absolute Gasteiger partial charge is 0.339 e. The van der Waals surface area contributed by atoms with Crippen LogP contribution in [0.25, 0.3) is 0 Å². The number of hydrogen-bond acceptors (Lipinski definition) is 4. The Morgan fingerprint density at radius 1 is 1.43 bits per heavy atom. The van der Waals surface area contributed by atoms with E-state index in [1.165, 1.54) is 12.4 Å². The van der Waals surface area contributed by atoms with Crippen LogP contribution in [0.15, 0.2) is 12.4 Å². The fraction of sp³-hybridized carbons (Fsp3) is 0.500. The third-order valence-corrected chi connectivity index (χ3v) is 2.11. The zero-order valence-electron chi connectivity index (χ0n) is 7.56. The summed E-state index contributed by atoms with van der Waals surface area (Å²) in [6.07, 6.45) is 3.29. The minimum atomic E-state index is -0.410. The van der Waals surface area contributed by atoms with Gasteiger partial charge >= 0.3 is 0 Å². The maximum absolute atomic E-state index is 12.5. The number of halogens is 2. The van der Waals surface area contributed by atoms with Crippen LogP contribution in [-0.4, -0.2) is 29.1 Å². The molecule has 0 aliphatic carbocycles. The van der Waals surface area contributed by atoms with Crippen LogP contribution < -0.4 is 10.6 Å². The van der Waals surface area contributed by atoms with Crippen LogP contribution in [0.5, 0.6) is 0 Å². The van der Waals surface area contributed by atoms with Crippen molar-refractivity contribution in [1.82, 2.24) is 9.97 Å². The lowest BCUT2D eigenvalue weighted by molar-refractivity contribution is 0.612. The molecular weight excluding hydrogens is 207 g/mol. The molecule has 2 rings (SSSR count). The minimum absolute atomic E-state index is 0. The summed E-state index contributed by atoms with van der Waals surface area (Å²) in [5.74, 6) is 0.154. The number of anilines is 1. The number of hydrogen-bond donors (Lipinski definition) is 1. The molecular formula is C8H12ClFN4. The van der Waals surface area contributed by atoms with Gasteiger partial charge in [0.15, 0.2) is 5.82 Å². The van der Waals surface area contributed by atoms with Gasteiger partial charge in [-0.05, 0) is 6.42 Å². The molecule has 1 fully saturated rings. The zero-order chi connectivity index (χ0) is 9.26. The number of nitrogens with two attached hydrogens (primary N) is 1. The normalized spacial score (nSPS) is 20.7. The summed E-state index contributed by atoms with van der Waals surface area (Å²) in [6.45, 7) is 1.61. The van der Waals surface area contributed by atoms with E-state index in [2.05, 4.69) is 9.97 Å². The van der Waals surface area contributed by atoms with E-state index in [0.717, 1.165) is 19.5 Å². The smallest absolute Gasteiger partial charge is 0.225 e. The van der Waals surface area contributed by atoms with Crippen LogP contribution in [-0.2, 0) is 0 Å². The molecule has 1 aliphatic heterocycles. The molecule has 0 aromatic carbocycles. The van der Waals surface area contributed by atoms with Gasteiger partial charge in [-0.2, -0.15) is 0 Å². The lowest BCUT2D eigenvalue weighted by Gasteiger charge is -2.14. The van der Waals surface area contributed by atoms with Gasteiger partial charge in [-0.3, -0.25) is 0 Å². The molecule has 0 amide bonds. The number of nitrogens with zero attached hydrogens (tertiary/aromatic N) is 3. The zero-order valence-corrected chi connectivity index (χ0v) is 8.38. The molecule has 4 nitrogen and oxygen atoms in total. The van der Waals surface area contributed by atoms with Crippen LogP contribution in [0.2, 0.25) is 0 Å². The van der Waals surface area contributed by atoms with Crippen molar-refractivity contribution in [3.05, 3.63) is 18.2 Å². The van der Waals surface area contributed by atoms with Crippen molar-refractivity contribution in [1.29, 1.82) is 0 Å². The van der Waals surface area contributed by atoms with Crippen LogP contribution in [0.1, 0.15) is 6.42 Å². The minimum Gasteiger partial charge on any atom is -0.339 e. The first-order valence-corrected chi connectivity index (χ1v) is 4.24. The van der Waals surface area contributed by atoms with Crippen molar-refractivity contribution in [2.45, 2.75) is 12.5 Å². The molecule has 0 radical (unpaired) electrons. The molecule has 2 heterocycles. The average molecular weight is 219 g/mol. The lowest BCUT2D eigenvalue weighted by atomic mass is 10.3. The maximum atomic E-state index is 12.5. The molecule has 1 atom stereocenters. The monoisotopic (exact) mass is 218 g/mol. The molecule has 1 saturated heterocycles. The predicted molar refractivity (Wildman–Crippen MR) is 54.0 cm³/mol.